The van der Waals surface area contributed by atoms with Crippen LogP contribution in [0.25, 0.3) is 10.9 Å². The third kappa shape index (κ3) is 1.92. The second-order valence-corrected chi connectivity index (χ2v) is 4.23. The number of fused-ring (bicyclic) bond motifs is 1. The minimum Gasteiger partial charge on any atom is -0.493 e. The van der Waals surface area contributed by atoms with E-state index in [1.165, 1.54) is 0 Å². The van der Waals surface area contributed by atoms with Gasteiger partial charge in [-0.25, -0.2) is 0 Å². The highest BCUT2D eigenvalue weighted by atomic mass is 79.9. The molecule has 1 aromatic heterocycles. The van der Waals surface area contributed by atoms with Crippen LogP contribution in [0.5, 0.6) is 5.75 Å². The second-order valence-electron chi connectivity index (χ2n) is 3.38. The third-order valence-corrected chi connectivity index (χ3v) is 3.04. The summed E-state index contributed by atoms with van der Waals surface area (Å²) in [5, 5.41) is 5.38. The lowest BCUT2D eigenvalue weighted by Gasteiger charge is -2.08. The molecule has 0 aliphatic rings. The SMILES string of the molecule is COCCn1ncc2ccc(Br)c(OC)c21. The van der Waals surface area contributed by atoms with E-state index in [0.29, 0.717) is 13.2 Å². The zero-order valence-corrected chi connectivity index (χ0v) is 10.8. The molecule has 0 saturated heterocycles. The van der Waals surface area contributed by atoms with E-state index >= 15 is 0 Å². The predicted octanol–water partition coefficient (Wildman–Crippen LogP) is 2.45. The summed E-state index contributed by atoms with van der Waals surface area (Å²) >= 11 is 3.47. The maximum absolute atomic E-state index is 5.39. The molecule has 1 heterocycles. The highest BCUT2D eigenvalue weighted by Crippen LogP contribution is 2.33. The van der Waals surface area contributed by atoms with Crippen LogP contribution in [0.4, 0.5) is 0 Å². The van der Waals surface area contributed by atoms with Crippen molar-refractivity contribution in [1.29, 1.82) is 0 Å². The van der Waals surface area contributed by atoms with Gasteiger partial charge in [-0.15, -0.1) is 0 Å². The summed E-state index contributed by atoms with van der Waals surface area (Å²) in [7, 11) is 3.34. The van der Waals surface area contributed by atoms with E-state index in [9.17, 15) is 0 Å². The summed E-state index contributed by atoms with van der Waals surface area (Å²) in [4.78, 5) is 0. The topological polar surface area (TPSA) is 36.3 Å². The average Bonchev–Trinajstić information content (AvgIpc) is 2.70. The Bertz CT molecular complexity index is 496. The van der Waals surface area contributed by atoms with Crippen molar-refractivity contribution in [3.63, 3.8) is 0 Å². The Hall–Kier alpha value is -1.07. The van der Waals surface area contributed by atoms with Crippen molar-refractivity contribution in [3.05, 3.63) is 22.8 Å². The first-order valence-electron chi connectivity index (χ1n) is 4.95. The lowest BCUT2D eigenvalue weighted by molar-refractivity contribution is 0.184. The van der Waals surface area contributed by atoms with Gasteiger partial charge in [-0.05, 0) is 28.1 Å². The van der Waals surface area contributed by atoms with Crippen LogP contribution in [0.2, 0.25) is 0 Å². The molecule has 1 aromatic carbocycles. The van der Waals surface area contributed by atoms with Crippen molar-refractivity contribution < 1.29 is 9.47 Å². The number of rotatable bonds is 4. The predicted molar refractivity (Wildman–Crippen MR) is 65.9 cm³/mol. The number of hydrogen-bond acceptors (Lipinski definition) is 3. The lowest BCUT2D eigenvalue weighted by atomic mass is 10.2. The summed E-state index contributed by atoms with van der Waals surface area (Å²) in [6.45, 7) is 1.35. The molecule has 0 radical (unpaired) electrons. The normalized spacial score (nSPS) is 10.9. The highest BCUT2D eigenvalue weighted by Gasteiger charge is 2.11. The van der Waals surface area contributed by atoms with Crippen molar-refractivity contribution >= 4 is 26.8 Å². The number of halogens is 1. The van der Waals surface area contributed by atoms with Crippen LogP contribution in [0.1, 0.15) is 0 Å². The quantitative estimate of drug-likeness (QED) is 0.865. The first-order chi connectivity index (χ1) is 7.77. The molecule has 2 rings (SSSR count). The van der Waals surface area contributed by atoms with Crippen molar-refractivity contribution in [1.82, 2.24) is 9.78 Å². The highest BCUT2D eigenvalue weighted by molar-refractivity contribution is 9.10. The van der Waals surface area contributed by atoms with Gasteiger partial charge in [0.25, 0.3) is 0 Å². The van der Waals surface area contributed by atoms with E-state index in [-0.39, 0.29) is 0 Å². The summed E-state index contributed by atoms with van der Waals surface area (Å²) in [5.41, 5.74) is 0.994. The van der Waals surface area contributed by atoms with Gasteiger partial charge in [0.1, 0.15) is 5.52 Å². The van der Waals surface area contributed by atoms with Gasteiger partial charge in [-0.1, -0.05) is 0 Å². The Morgan fingerprint density at radius 2 is 2.19 bits per heavy atom. The monoisotopic (exact) mass is 284 g/mol. The van der Waals surface area contributed by atoms with Crippen molar-refractivity contribution in [2.45, 2.75) is 6.54 Å². The zero-order chi connectivity index (χ0) is 11.5. The molecule has 0 N–H and O–H groups in total. The van der Waals surface area contributed by atoms with E-state index < -0.39 is 0 Å². The lowest BCUT2D eigenvalue weighted by Crippen LogP contribution is -2.06. The molecule has 0 amide bonds. The first-order valence-corrected chi connectivity index (χ1v) is 5.74. The minimum atomic E-state index is 0.631. The molecule has 16 heavy (non-hydrogen) atoms. The Morgan fingerprint density at radius 3 is 2.88 bits per heavy atom. The van der Waals surface area contributed by atoms with Crippen LogP contribution >= 0.6 is 15.9 Å². The van der Waals surface area contributed by atoms with Crippen LogP contribution in [-0.2, 0) is 11.3 Å². The van der Waals surface area contributed by atoms with Crippen LogP contribution < -0.4 is 4.74 Å². The van der Waals surface area contributed by atoms with Gasteiger partial charge in [-0.3, -0.25) is 4.68 Å². The number of aromatic nitrogens is 2. The summed E-state index contributed by atoms with van der Waals surface area (Å²) < 4.78 is 13.3. The van der Waals surface area contributed by atoms with Crippen molar-refractivity contribution in [2.24, 2.45) is 0 Å². The van der Waals surface area contributed by atoms with Crippen LogP contribution in [0.3, 0.4) is 0 Å². The molecule has 0 bridgehead atoms. The van der Waals surface area contributed by atoms with Gasteiger partial charge in [0.15, 0.2) is 5.75 Å². The molecule has 0 fully saturated rings. The number of nitrogens with zero attached hydrogens (tertiary/aromatic N) is 2. The molecule has 4 nitrogen and oxygen atoms in total. The molecule has 0 aliphatic carbocycles. The van der Waals surface area contributed by atoms with Crippen LogP contribution in [-0.4, -0.2) is 30.6 Å². The largest absolute Gasteiger partial charge is 0.493 e. The average molecular weight is 285 g/mol. The van der Waals surface area contributed by atoms with E-state index in [0.717, 1.165) is 21.1 Å². The van der Waals surface area contributed by atoms with Gasteiger partial charge in [0.05, 0.1) is 30.9 Å². The van der Waals surface area contributed by atoms with Gasteiger partial charge in [0.2, 0.25) is 0 Å². The Kier molecular flexibility index (Phi) is 3.46. The van der Waals surface area contributed by atoms with Gasteiger partial charge in [-0.2, -0.15) is 5.10 Å². The third-order valence-electron chi connectivity index (χ3n) is 2.42. The molecule has 86 valence electrons. The number of hydrogen-bond donors (Lipinski definition) is 0. The molecular weight excluding hydrogens is 272 g/mol. The fourth-order valence-electron chi connectivity index (χ4n) is 1.66. The van der Waals surface area contributed by atoms with E-state index in [2.05, 4.69) is 21.0 Å². The Balaban J connectivity index is 2.54. The second kappa shape index (κ2) is 4.84. The maximum atomic E-state index is 5.39. The molecule has 0 atom stereocenters. The maximum Gasteiger partial charge on any atom is 0.158 e. The molecule has 5 heteroatoms. The number of ether oxygens (including phenoxy) is 2. The summed E-state index contributed by atoms with van der Waals surface area (Å²) in [5.74, 6) is 0.811. The molecule has 0 saturated carbocycles. The zero-order valence-electron chi connectivity index (χ0n) is 9.24. The van der Waals surface area contributed by atoms with Gasteiger partial charge >= 0.3 is 0 Å². The first kappa shape index (κ1) is 11.4. The summed E-state index contributed by atoms with van der Waals surface area (Å²) in [6.07, 6.45) is 1.83. The Labute approximate surface area is 102 Å². The minimum absolute atomic E-state index is 0.631. The standard InChI is InChI=1S/C11H13BrN2O2/c1-15-6-5-14-10-8(7-13-14)3-4-9(12)11(10)16-2/h3-4,7H,5-6H2,1-2H3. The molecular formula is C11H13BrN2O2. The number of methoxy groups -OCH3 is 2. The molecule has 0 spiro atoms. The van der Waals surface area contributed by atoms with E-state index in [1.807, 2.05) is 23.0 Å². The molecule has 2 aromatic rings. The van der Waals surface area contributed by atoms with Crippen molar-refractivity contribution in [3.8, 4) is 5.75 Å². The van der Waals surface area contributed by atoms with Crippen LogP contribution in [0.15, 0.2) is 22.8 Å². The van der Waals surface area contributed by atoms with Crippen molar-refractivity contribution in [2.75, 3.05) is 20.8 Å². The van der Waals surface area contributed by atoms with Gasteiger partial charge < -0.3 is 9.47 Å². The fraction of sp³-hybridized carbons (Fsp3) is 0.364. The fourth-order valence-corrected chi connectivity index (χ4v) is 2.15. The van der Waals surface area contributed by atoms with E-state index in [4.69, 9.17) is 9.47 Å². The molecule has 0 unspecified atom stereocenters. The van der Waals surface area contributed by atoms with Crippen LogP contribution in [0, 0.1) is 0 Å². The summed E-state index contributed by atoms with van der Waals surface area (Å²) in [6, 6.07) is 3.97. The Morgan fingerprint density at radius 1 is 1.38 bits per heavy atom. The van der Waals surface area contributed by atoms with Gasteiger partial charge in [0, 0.05) is 12.5 Å². The number of benzene rings is 1. The van der Waals surface area contributed by atoms with E-state index in [1.54, 1.807) is 14.2 Å². The smallest absolute Gasteiger partial charge is 0.158 e. The molecule has 0 aliphatic heterocycles.